The van der Waals surface area contributed by atoms with Crippen molar-refractivity contribution in [3.05, 3.63) is 12.0 Å². The van der Waals surface area contributed by atoms with Crippen molar-refractivity contribution >= 4 is 0 Å². The maximum Gasteiger partial charge on any atom is 0.235 e. The third kappa shape index (κ3) is 1.84. The topological polar surface area (TPSA) is 68.1 Å². The number of aliphatic hydroxyl groups is 1. The van der Waals surface area contributed by atoms with Crippen LogP contribution in [-0.2, 0) is 0 Å². The van der Waals surface area contributed by atoms with Crippen LogP contribution >= 0.6 is 0 Å². The first-order valence-electron chi connectivity index (χ1n) is 3.15. The van der Waals surface area contributed by atoms with E-state index in [2.05, 4.69) is 15.2 Å². The van der Waals surface area contributed by atoms with Gasteiger partial charge < -0.3 is 9.84 Å². The van der Waals surface area contributed by atoms with Gasteiger partial charge in [0.05, 0.1) is 7.11 Å². The molecule has 1 aromatic rings. The molecule has 1 atom stereocenters. The Bertz CT molecular complexity index is 239. The van der Waals surface area contributed by atoms with E-state index >= 15 is 0 Å². The largest absolute Gasteiger partial charge is 0.480 e. The molecule has 0 aliphatic rings. The normalized spacial score (nSPS) is 12.6. The minimum atomic E-state index is -0.711. The smallest absolute Gasteiger partial charge is 0.235 e. The summed E-state index contributed by atoms with van der Waals surface area (Å²) in [4.78, 5) is 3.84. The Balaban J connectivity index is 2.91. The van der Waals surface area contributed by atoms with E-state index in [0.717, 1.165) is 0 Å². The number of aliphatic hydroxyl groups excluding tert-OH is 1. The first-order valence-corrected chi connectivity index (χ1v) is 3.15. The Morgan fingerprint density at radius 3 is 2.91 bits per heavy atom. The van der Waals surface area contributed by atoms with Gasteiger partial charge in [-0.2, -0.15) is 10.1 Å². The van der Waals surface area contributed by atoms with Gasteiger partial charge in [-0.15, -0.1) is 5.10 Å². The molecule has 1 aromatic heterocycles. The molecule has 1 N–H and O–H groups in total. The molecule has 5 nitrogen and oxygen atoms in total. The first kappa shape index (κ1) is 7.87. The third-order valence-electron chi connectivity index (χ3n) is 1.14. The molecule has 0 radical (unpaired) electrons. The summed E-state index contributed by atoms with van der Waals surface area (Å²) in [7, 11) is 1.48. The van der Waals surface area contributed by atoms with E-state index in [-0.39, 0.29) is 5.82 Å². The van der Waals surface area contributed by atoms with Crippen LogP contribution in [0.25, 0.3) is 0 Å². The maximum atomic E-state index is 9.02. The van der Waals surface area contributed by atoms with Crippen LogP contribution in [0.3, 0.4) is 0 Å². The number of aromatic nitrogens is 3. The zero-order valence-corrected chi connectivity index (χ0v) is 6.35. The fourth-order valence-corrected chi connectivity index (χ4v) is 0.577. The van der Waals surface area contributed by atoms with E-state index in [4.69, 9.17) is 9.84 Å². The molecule has 11 heavy (non-hydrogen) atoms. The van der Waals surface area contributed by atoms with Gasteiger partial charge in [-0.25, -0.2) is 0 Å². The van der Waals surface area contributed by atoms with E-state index < -0.39 is 6.10 Å². The van der Waals surface area contributed by atoms with Crippen molar-refractivity contribution in [1.82, 2.24) is 15.2 Å². The lowest BCUT2D eigenvalue weighted by atomic mass is 10.4. The Labute approximate surface area is 64.1 Å². The molecule has 0 saturated heterocycles. The second kappa shape index (κ2) is 3.25. The zero-order chi connectivity index (χ0) is 8.27. The predicted molar refractivity (Wildman–Crippen MR) is 37.0 cm³/mol. The van der Waals surface area contributed by atoms with Crippen molar-refractivity contribution in [3.63, 3.8) is 0 Å². The van der Waals surface area contributed by atoms with E-state index in [1.807, 2.05) is 0 Å². The van der Waals surface area contributed by atoms with Crippen LogP contribution in [-0.4, -0.2) is 27.4 Å². The monoisotopic (exact) mass is 155 g/mol. The van der Waals surface area contributed by atoms with Crippen molar-refractivity contribution in [2.45, 2.75) is 13.0 Å². The Kier molecular flexibility index (Phi) is 2.32. The molecule has 0 aliphatic heterocycles. The lowest BCUT2D eigenvalue weighted by Crippen LogP contribution is -2.02. The molecular weight excluding hydrogens is 146 g/mol. The highest BCUT2D eigenvalue weighted by atomic mass is 16.5. The average molecular weight is 155 g/mol. The molecule has 0 amide bonds. The minimum absolute atomic E-state index is 0.268. The predicted octanol–water partition coefficient (Wildman–Crippen LogP) is -0.0665. The van der Waals surface area contributed by atoms with Gasteiger partial charge in [-0.3, -0.25) is 0 Å². The van der Waals surface area contributed by atoms with Crippen LogP contribution in [0.15, 0.2) is 6.20 Å². The Morgan fingerprint density at radius 2 is 2.36 bits per heavy atom. The lowest BCUT2D eigenvalue weighted by molar-refractivity contribution is 0.185. The summed E-state index contributed by atoms with van der Waals surface area (Å²) in [6.07, 6.45) is 0.670. The van der Waals surface area contributed by atoms with Crippen molar-refractivity contribution < 1.29 is 9.84 Å². The van der Waals surface area contributed by atoms with Gasteiger partial charge >= 0.3 is 0 Å². The summed E-state index contributed by atoms with van der Waals surface area (Å²) in [5.74, 6) is 0.625. The number of hydrogen-bond acceptors (Lipinski definition) is 5. The van der Waals surface area contributed by atoms with E-state index in [1.165, 1.54) is 13.3 Å². The number of nitrogens with zero attached hydrogens (tertiary/aromatic N) is 3. The van der Waals surface area contributed by atoms with Gasteiger partial charge in [0.15, 0.2) is 5.82 Å². The summed E-state index contributed by atoms with van der Waals surface area (Å²) < 4.78 is 4.78. The molecule has 60 valence electrons. The summed E-state index contributed by atoms with van der Waals surface area (Å²) in [5.41, 5.74) is 0. The highest BCUT2D eigenvalue weighted by Crippen LogP contribution is 2.07. The number of ether oxygens (including phenoxy) is 1. The van der Waals surface area contributed by atoms with Crippen LogP contribution in [0, 0.1) is 0 Å². The van der Waals surface area contributed by atoms with Gasteiger partial charge in [0, 0.05) is 0 Å². The van der Waals surface area contributed by atoms with Crippen molar-refractivity contribution in [3.8, 4) is 5.88 Å². The molecule has 0 fully saturated rings. The first-order chi connectivity index (χ1) is 5.24. The van der Waals surface area contributed by atoms with Gasteiger partial charge in [0.2, 0.25) is 5.88 Å². The summed E-state index contributed by atoms with van der Waals surface area (Å²) in [6, 6.07) is 0. The molecule has 0 bridgehead atoms. The Hall–Kier alpha value is -1.23. The molecule has 0 saturated carbocycles. The van der Waals surface area contributed by atoms with Gasteiger partial charge in [0.25, 0.3) is 0 Å². The van der Waals surface area contributed by atoms with E-state index in [9.17, 15) is 0 Å². The summed E-state index contributed by atoms with van der Waals surface area (Å²) in [6.45, 7) is 1.57. The molecule has 0 aromatic carbocycles. The van der Waals surface area contributed by atoms with E-state index in [1.54, 1.807) is 6.92 Å². The third-order valence-corrected chi connectivity index (χ3v) is 1.14. The molecule has 0 spiro atoms. The van der Waals surface area contributed by atoms with Crippen LogP contribution in [0.1, 0.15) is 18.9 Å². The zero-order valence-electron chi connectivity index (χ0n) is 6.35. The minimum Gasteiger partial charge on any atom is -0.480 e. The molecule has 1 unspecified atom stereocenters. The average Bonchev–Trinajstić information content (AvgIpc) is 2.05. The number of rotatable bonds is 2. The second-order valence-electron chi connectivity index (χ2n) is 2.03. The van der Waals surface area contributed by atoms with Crippen LogP contribution in [0.4, 0.5) is 0 Å². The van der Waals surface area contributed by atoms with Gasteiger partial charge in [-0.05, 0) is 6.92 Å². The molecule has 1 rings (SSSR count). The number of methoxy groups -OCH3 is 1. The molecule has 0 aliphatic carbocycles. The summed E-state index contributed by atoms with van der Waals surface area (Å²) >= 11 is 0. The fourth-order valence-electron chi connectivity index (χ4n) is 0.577. The van der Waals surface area contributed by atoms with Gasteiger partial charge in [0.1, 0.15) is 12.3 Å². The molecule has 1 heterocycles. The molecule has 5 heteroatoms. The maximum absolute atomic E-state index is 9.02. The number of hydrogen-bond donors (Lipinski definition) is 1. The van der Waals surface area contributed by atoms with Crippen molar-refractivity contribution in [2.75, 3.05) is 7.11 Å². The quantitative estimate of drug-likeness (QED) is 0.647. The Morgan fingerprint density at radius 1 is 1.64 bits per heavy atom. The SMILES string of the molecule is COc1cnnc(C(C)O)n1. The van der Waals surface area contributed by atoms with Crippen LogP contribution < -0.4 is 4.74 Å². The van der Waals surface area contributed by atoms with Crippen LogP contribution in [0.5, 0.6) is 5.88 Å². The van der Waals surface area contributed by atoms with Gasteiger partial charge in [-0.1, -0.05) is 0 Å². The second-order valence-corrected chi connectivity index (χ2v) is 2.03. The van der Waals surface area contributed by atoms with E-state index in [0.29, 0.717) is 5.88 Å². The highest BCUT2D eigenvalue weighted by molar-refractivity contribution is 5.03. The summed E-state index contributed by atoms with van der Waals surface area (Å²) in [5, 5.41) is 16.2. The standard InChI is InChI=1S/C6H9N3O2/c1-4(10)6-8-5(11-2)3-7-9-6/h3-4,10H,1-2H3. The highest BCUT2D eigenvalue weighted by Gasteiger charge is 2.05. The van der Waals surface area contributed by atoms with Crippen LogP contribution in [0.2, 0.25) is 0 Å². The lowest BCUT2D eigenvalue weighted by Gasteiger charge is -2.01. The van der Waals surface area contributed by atoms with Crippen molar-refractivity contribution in [2.24, 2.45) is 0 Å². The molecular formula is C6H9N3O2. The fraction of sp³-hybridized carbons (Fsp3) is 0.500. The van der Waals surface area contributed by atoms with Crippen molar-refractivity contribution in [1.29, 1.82) is 0 Å².